The summed E-state index contributed by atoms with van der Waals surface area (Å²) in [4.78, 5) is 0. The summed E-state index contributed by atoms with van der Waals surface area (Å²) in [7, 11) is 0. The highest BCUT2D eigenvalue weighted by atomic mass is 19.1. The van der Waals surface area contributed by atoms with Crippen molar-refractivity contribution >= 4 is 0 Å². The van der Waals surface area contributed by atoms with Crippen molar-refractivity contribution in [2.24, 2.45) is 0 Å². The Labute approximate surface area is 127 Å². The molecule has 0 fully saturated rings. The first-order valence-corrected chi connectivity index (χ1v) is 7.51. The van der Waals surface area contributed by atoms with E-state index in [4.69, 9.17) is 0 Å². The van der Waals surface area contributed by atoms with Crippen molar-refractivity contribution in [3.05, 3.63) is 71.0 Å². The molecular weight excluding hydrogens is 261 g/mol. The van der Waals surface area contributed by atoms with E-state index >= 15 is 0 Å². The van der Waals surface area contributed by atoms with Gasteiger partial charge in [-0.3, -0.25) is 0 Å². The molecule has 21 heavy (non-hydrogen) atoms. The van der Waals surface area contributed by atoms with Crippen molar-refractivity contribution in [3.63, 3.8) is 0 Å². The minimum atomic E-state index is -0.196. The Bertz CT molecular complexity index is 581. The minimum Gasteiger partial charge on any atom is -0.307 e. The zero-order chi connectivity index (χ0) is 15.5. The van der Waals surface area contributed by atoms with Gasteiger partial charge in [-0.05, 0) is 40.8 Å². The van der Waals surface area contributed by atoms with Gasteiger partial charge >= 0.3 is 0 Å². The van der Waals surface area contributed by atoms with Gasteiger partial charge < -0.3 is 5.32 Å². The Balaban J connectivity index is 2.51. The lowest BCUT2D eigenvalue weighted by molar-refractivity contribution is 0.556. The molecule has 2 aromatic carbocycles. The molecule has 0 saturated heterocycles. The van der Waals surface area contributed by atoms with Gasteiger partial charge in [0.05, 0.1) is 6.04 Å². The first-order valence-electron chi connectivity index (χ1n) is 7.51. The van der Waals surface area contributed by atoms with Crippen LogP contribution in [0.1, 0.15) is 50.4 Å². The largest absolute Gasteiger partial charge is 0.307 e. The van der Waals surface area contributed by atoms with Gasteiger partial charge in [-0.15, -0.1) is 0 Å². The van der Waals surface area contributed by atoms with Crippen LogP contribution < -0.4 is 5.32 Å². The third kappa shape index (κ3) is 3.70. The molecule has 0 heterocycles. The van der Waals surface area contributed by atoms with E-state index in [1.54, 1.807) is 0 Å². The second-order valence-electron chi connectivity index (χ2n) is 6.38. The third-order valence-electron chi connectivity index (χ3n) is 3.69. The molecule has 2 heteroatoms. The number of benzene rings is 2. The molecular formula is C19H24FN. The molecule has 0 aliphatic carbocycles. The van der Waals surface area contributed by atoms with E-state index in [1.807, 2.05) is 12.1 Å². The second-order valence-corrected chi connectivity index (χ2v) is 6.38. The average Bonchev–Trinajstić information content (AvgIpc) is 2.45. The van der Waals surface area contributed by atoms with Gasteiger partial charge in [0.15, 0.2) is 0 Å². The van der Waals surface area contributed by atoms with Crippen LogP contribution in [0.2, 0.25) is 0 Å². The van der Waals surface area contributed by atoms with Crippen molar-refractivity contribution in [2.75, 3.05) is 6.54 Å². The van der Waals surface area contributed by atoms with E-state index in [2.05, 4.69) is 57.3 Å². The minimum absolute atomic E-state index is 0.0737. The normalized spacial score (nSPS) is 13.2. The van der Waals surface area contributed by atoms with E-state index in [0.29, 0.717) is 0 Å². The summed E-state index contributed by atoms with van der Waals surface area (Å²) in [5, 5.41) is 3.52. The molecule has 112 valence electrons. The maximum absolute atomic E-state index is 13.2. The van der Waals surface area contributed by atoms with Crippen LogP contribution in [0.4, 0.5) is 4.39 Å². The number of halogens is 1. The van der Waals surface area contributed by atoms with E-state index in [0.717, 1.165) is 12.1 Å². The summed E-state index contributed by atoms with van der Waals surface area (Å²) < 4.78 is 13.2. The smallest absolute Gasteiger partial charge is 0.123 e. The van der Waals surface area contributed by atoms with E-state index in [1.165, 1.54) is 23.3 Å². The highest BCUT2D eigenvalue weighted by molar-refractivity contribution is 5.40. The topological polar surface area (TPSA) is 12.0 Å². The van der Waals surface area contributed by atoms with Crippen LogP contribution in [0.5, 0.6) is 0 Å². The van der Waals surface area contributed by atoms with Crippen LogP contribution in [0.25, 0.3) is 0 Å². The Hall–Kier alpha value is -1.67. The Morgan fingerprint density at radius 2 is 1.62 bits per heavy atom. The summed E-state index contributed by atoms with van der Waals surface area (Å²) in [5.41, 5.74) is 3.75. The van der Waals surface area contributed by atoms with Gasteiger partial charge in [-0.1, -0.05) is 64.1 Å². The summed E-state index contributed by atoms with van der Waals surface area (Å²) in [6.07, 6.45) is 0. The zero-order valence-corrected chi connectivity index (χ0v) is 13.3. The SMILES string of the molecule is CCNC(c1ccc(F)cc1)c1ccccc1C(C)(C)C. The average molecular weight is 285 g/mol. The maximum Gasteiger partial charge on any atom is 0.123 e. The molecule has 0 aromatic heterocycles. The van der Waals surface area contributed by atoms with E-state index in [-0.39, 0.29) is 17.3 Å². The Kier molecular flexibility index (Phi) is 4.79. The highest BCUT2D eigenvalue weighted by Gasteiger charge is 2.23. The van der Waals surface area contributed by atoms with Gasteiger partial charge in [-0.25, -0.2) is 4.39 Å². The summed E-state index contributed by atoms with van der Waals surface area (Å²) >= 11 is 0. The van der Waals surface area contributed by atoms with Crippen LogP contribution in [0.3, 0.4) is 0 Å². The van der Waals surface area contributed by atoms with Crippen LogP contribution in [-0.2, 0) is 5.41 Å². The monoisotopic (exact) mass is 285 g/mol. The van der Waals surface area contributed by atoms with Gasteiger partial charge in [0.2, 0.25) is 0 Å². The van der Waals surface area contributed by atoms with Crippen LogP contribution >= 0.6 is 0 Å². The molecule has 0 spiro atoms. The molecule has 0 amide bonds. The van der Waals surface area contributed by atoms with E-state index < -0.39 is 0 Å². The molecule has 1 atom stereocenters. The second kappa shape index (κ2) is 6.40. The van der Waals surface area contributed by atoms with Gasteiger partial charge in [0.25, 0.3) is 0 Å². The number of nitrogens with one attached hydrogen (secondary N) is 1. The fraction of sp³-hybridized carbons (Fsp3) is 0.368. The highest BCUT2D eigenvalue weighted by Crippen LogP contribution is 2.32. The molecule has 0 aliphatic heterocycles. The van der Waals surface area contributed by atoms with Gasteiger partial charge in [0.1, 0.15) is 5.82 Å². The molecule has 0 aliphatic rings. The van der Waals surface area contributed by atoms with Crippen LogP contribution in [0, 0.1) is 5.82 Å². The molecule has 2 aromatic rings. The summed E-state index contributed by atoms with van der Waals surface area (Å²) in [6, 6.07) is 15.4. The fourth-order valence-corrected chi connectivity index (χ4v) is 2.70. The molecule has 0 radical (unpaired) electrons. The quantitative estimate of drug-likeness (QED) is 0.849. The Morgan fingerprint density at radius 1 is 1.00 bits per heavy atom. The molecule has 0 saturated carbocycles. The number of hydrogen-bond acceptors (Lipinski definition) is 1. The van der Waals surface area contributed by atoms with Crippen LogP contribution in [-0.4, -0.2) is 6.54 Å². The van der Waals surface area contributed by atoms with E-state index in [9.17, 15) is 4.39 Å². The zero-order valence-electron chi connectivity index (χ0n) is 13.3. The van der Waals surface area contributed by atoms with Crippen LogP contribution in [0.15, 0.2) is 48.5 Å². The number of rotatable bonds is 4. The molecule has 1 unspecified atom stereocenters. The molecule has 2 rings (SSSR count). The number of hydrogen-bond donors (Lipinski definition) is 1. The van der Waals surface area contributed by atoms with Crippen molar-refractivity contribution in [2.45, 2.75) is 39.2 Å². The van der Waals surface area contributed by atoms with Crippen molar-refractivity contribution in [1.82, 2.24) is 5.32 Å². The molecule has 1 nitrogen and oxygen atoms in total. The fourth-order valence-electron chi connectivity index (χ4n) is 2.70. The summed E-state index contributed by atoms with van der Waals surface area (Å²) in [5.74, 6) is -0.196. The molecule has 0 bridgehead atoms. The predicted molar refractivity (Wildman–Crippen MR) is 87.1 cm³/mol. The lowest BCUT2D eigenvalue weighted by Crippen LogP contribution is -2.26. The van der Waals surface area contributed by atoms with Crippen molar-refractivity contribution in [3.8, 4) is 0 Å². The van der Waals surface area contributed by atoms with Gasteiger partial charge in [0, 0.05) is 0 Å². The lowest BCUT2D eigenvalue weighted by atomic mass is 9.80. The molecule has 1 N–H and O–H groups in total. The first-order chi connectivity index (χ1) is 9.93. The van der Waals surface area contributed by atoms with Crippen molar-refractivity contribution < 1.29 is 4.39 Å². The standard InChI is InChI=1S/C19H24FN/c1-5-21-18(14-10-12-15(20)13-11-14)16-8-6-7-9-17(16)19(2,3)4/h6-13,18,21H,5H2,1-4H3. The lowest BCUT2D eigenvalue weighted by Gasteiger charge is -2.28. The van der Waals surface area contributed by atoms with Gasteiger partial charge in [-0.2, -0.15) is 0 Å². The summed E-state index contributed by atoms with van der Waals surface area (Å²) in [6.45, 7) is 9.62. The van der Waals surface area contributed by atoms with Crippen molar-refractivity contribution in [1.29, 1.82) is 0 Å². The predicted octanol–water partition coefficient (Wildman–Crippen LogP) is 4.82. The maximum atomic E-state index is 13.2. The first kappa shape index (κ1) is 15.7. The Morgan fingerprint density at radius 3 is 2.19 bits per heavy atom. The third-order valence-corrected chi connectivity index (χ3v) is 3.69.